The molecule has 0 atom stereocenters. The quantitative estimate of drug-likeness (QED) is 0.339. The normalized spacial score (nSPS) is 11.2. The second-order valence-corrected chi connectivity index (χ2v) is 7.44. The zero-order chi connectivity index (χ0) is 19.6. The molecule has 4 aromatic carbocycles. The minimum atomic E-state index is 0.382. The van der Waals surface area contributed by atoms with Crippen LogP contribution < -0.4 is 4.74 Å². The molecule has 0 radical (unpaired) electrons. The van der Waals surface area contributed by atoms with Gasteiger partial charge in [-0.2, -0.15) is 0 Å². The zero-order valence-corrected chi connectivity index (χ0v) is 16.5. The third kappa shape index (κ3) is 3.57. The van der Waals surface area contributed by atoms with E-state index in [1.54, 1.807) is 0 Å². The van der Waals surface area contributed by atoms with E-state index in [2.05, 4.69) is 47.0 Å². The molecule has 29 heavy (non-hydrogen) atoms. The number of imidazole rings is 1. The summed E-state index contributed by atoms with van der Waals surface area (Å²) in [5.74, 6) is 1.73. The standard InChI is InChI=1S/C25H19ClN2O/c26-20-13-14-23-22(15-20)27-25(28(23)16-18-7-2-1-3-8-18)17-29-24-12-6-10-19-9-4-5-11-21(19)24/h1-15H,16-17H2. The van der Waals surface area contributed by atoms with Crippen LogP contribution in [0.5, 0.6) is 5.75 Å². The lowest BCUT2D eigenvalue weighted by Gasteiger charge is -2.12. The summed E-state index contributed by atoms with van der Waals surface area (Å²) in [6.45, 7) is 1.11. The van der Waals surface area contributed by atoms with Gasteiger partial charge < -0.3 is 9.30 Å². The van der Waals surface area contributed by atoms with E-state index in [0.29, 0.717) is 11.6 Å². The van der Waals surface area contributed by atoms with Gasteiger partial charge in [0, 0.05) is 17.0 Å². The minimum Gasteiger partial charge on any atom is -0.485 e. The van der Waals surface area contributed by atoms with E-state index in [1.807, 2.05) is 48.5 Å². The van der Waals surface area contributed by atoms with Gasteiger partial charge in [-0.15, -0.1) is 0 Å². The lowest BCUT2D eigenvalue weighted by atomic mass is 10.1. The van der Waals surface area contributed by atoms with Crippen LogP contribution in [0.25, 0.3) is 21.8 Å². The molecule has 3 nitrogen and oxygen atoms in total. The first-order valence-electron chi connectivity index (χ1n) is 9.57. The molecule has 0 spiro atoms. The summed E-state index contributed by atoms with van der Waals surface area (Å²) in [6.07, 6.45) is 0. The minimum absolute atomic E-state index is 0.382. The van der Waals surface area contributed by atoms with Gasteiger partial charge in [0.2, 0.25) is 0 Å². The predicted octanol–water partition coefficient (Wildman–Crippen LogP) is 6.47. The Bertz CT molecular complexity index is 1290. The number of fused-ring (bicyclic) bond motifs is 2. The second kappa shape index (κ2) is 7.61. The van der Waals surface area contributed by atoms with Gasteiger partial charge >= 0.3 is 0 Å². The molecule has 0 fully saturated rings. The molecule has 5 aromatic rings. The molecule has 0 aliphatic carbocycles. The molecule has 0 saturated heterocycles. The van der Waals surface area contributed by atoms with Crippen LogP contribution in [0.3, 0.4) is 0 Å². The van der Waals surface area contributed by atoms with Crippen LogP contribution in [0.15, 0.2) is 91.0 Å². The van der Waals surface area contributed by atoms with E-state index in [0.717, 1.165) is 39.9 Å². The fourth-order valence-electron chi connectivity index (χ4n) is 3.67. The molecular formula is C25H19ClN2O. The lowest BCUT2D eigenvalue weighted by Crippen LogP contribution is -2.08. The summed E-state index contributed by atoms with van der Waals surface area (Å²) >= 11 is 6.20. The van der Waals surface area contributed by atoms with Crippen LogP contribution in [0, 0.1) is 0 Å². The number of aromatic nitrogens is 2. The first kappa shape index (κ1) is 17.8. The van der Waals surface area contributed by atoms with Crippen molar-refractivity contribution >= 4 is 33.4 Å². The highest BCUT2D eigenvalue weighted by Crippen LogP contribution is 2.27. The van der Waals surface area contributed by atoms with E-state index in [1.165, 1.54) is 5.56 Å². The highest BCUT2D eigenvalue weighted by molar-refractivity contribution is 6.31. The molecular weight excluding hydrogens is 380 g/mol. The van der Waals surface area contributed by atoms with Crippen molar-refractivity contribution in [3.63, 3.8) is 0 Å². The van der Waals surface area contributed by atoms with Crippen molar-refractivity contribution in [3.05, 3.63) is 107 Å². The molecule has 1 heterocycles. The van der Waals surface area contributed by atoms with Crippen molar-refractivity contribution in [3.8, 4) is 5.75 Å². The van der Waals surface area contributed by atoms with Gasteiger partial charge in [0.1, 0.15) is 18.2 Å². The molecule has 0 saturated carbocycles. The molecule has 0 bridgehead atoms. The molecule has 142 valence electrons. The number of nitrogens with zero attached hydrogens (tertiary/aromatic N) is 2. The highest BCUT2D eigenvalue weighted by Gasteiger charge is 2.13. The second-order valence-electron chi connectivity index (χ2n) is 7.00. The molecule has 0 amide bonds. The van der Waals surface area contributed by atoms with Crippen LogP contribution in [-0.4, -0.2) is 9.55 Å². The van der Waals surface area contributed by atoms with Gasteiger partial charge in [-0.05, 0) is 35.2 Å². The molecule has 5 rings (SSSR count). The molecule has 0 N–H and O–H groups in total. The maximum absolute atomic E-state index is 6.23. The van der Waals surface area contributed by atoms with Crippen molar-refractivity contribution in [1.82, 2.24) is 9.55 Å². The van der Waals surface area contributed by atoms with Crippen molar-refractivity contribution in [2.45, 2.75) is 13.2 Å². The van der Waals surface area contributed by atoms with Gasteiger partial charge in [0.25, 0.3) is 0 Å². The maximum atomic E-state index is 6.23. The van der Waals surface area contributed by atoms with E-state index in [-0.39, 0.29) is 0 Å². The maximum Gasteiger partial charge on any atom is 0.148 e. The zero-order valence-electron chi connectivity index (χ0n) is 15.8. The Morgan fingerprint density at radius 2 is 1.62 bits per heavy atom. The van der Waals surface area contributed by atoms with Gasteiger partial charge in [0.15, 0.2) is 0 Å². The van der Waals surface area contributed by atoms with Gasteiger partial charge in [-0.1, -0.05) is 78.3 Å². The largest absolute Gasteiger partial charge is 0.485 e. The van der Waals surface area contributed by atoms with Crippen LogP contribution in [0.1, 0.15) is 11.4 Å². The predicted molar refractivity (Wildman–Crippen MR) is 119 cm³/mol. The number of ether oxygens (including phenoxy) is 1. The molecule has 0 aliphatic rings. The Morgan fingerprint density at radius 1 is 0.828 bits per heavy atom. The van der Waals surface area contributed by atoms with E-state index in [9.17, 15) is 0 Å². The Kier molecular flexibility index (Phi) is 4.66. The number of benzene rings is 4. The van der Waals surface area contributed by atoms with Crippen molar-refractivity contribution in [2.75, 3.05) is 0 Å². The van der Waals surface area contributed by atoms with Crippen LogP contribution in [-0.2, 0) is 13.2 Å². The number of rotatable bonds is 5. The van der Waals surface area contributed by atoms with E-state index < -0.39 is 0 Å². The SMILES string of the molecule is Clc1ccc2c(c1)nc(COc1cccc3ccccc13)n2Cc1ccccc1. The topological polar surface area (TPSA) is 27.1 Å². The van der Waals surface area contributed by atoms with Crippen LogP contribution in [0.2, 0.25) is 5.02 Å². The Balaban J connectivity index is 1.52. The first-order chi connectivity index (χ1) is 14.3. The summed E-state index contributed by atoms with van der Waals surface area (Å²) in [5, 5.41) is 2.95. The van der Waals surface area contributed by atoms with Crippen molar-refractivity contribution in [1.29, 1.82) is 0 Å². The average Bonchev–Trinajstić information content (AvgIpc) is 3.09. The Hall–Kier alpha value is -3.30. The fourth-order valence-corrected chi connectivity index (χ4v) is 3.84. The summed E-state index contributed by atoms with van der Waals surface area (Å²) in [7, 11) is 0. The first-order valence-corrected chi connectivity index (χ1v) is 9.95. The van der Waals surface area contributed by atoms with Crippen molar-refractivity contribution in [2.24, 2.45) is 0 Å². The summed E-state index contributed by atoms with van der Waals surface area (Å²) in [5.41, 5.74) is 3.15. The van der Waals surface area contributed by atoms with Gasteiger partial charge in [0.05, 0.1) is 11.0 Å². The Morgan fingerprint density at radius 3 is 2.52 bits per heavy atom. The van der Waals surface area contributed by atoms with Crippen LogP contribution >= 0.6 is 11.6 Å². The molecule has 0 aliphatic heterocycles. The van der Waals surface area contributed by atoms with Gasteiger partial charge in [-0.3, -0.25) is 0 Å². The fraction of sp³-hybridized carbons (Fsp3) is 0.0800. The lowest BCUT2D eigenvalue weighted by molar-refractivity contribution is 0.295. The third-order valence-corrected chi connectivity index (χ3v) is 5.31. The summed E-state index contributed by atoms with van der Waals surface area (Å²) in [4.78, 5) is 4.82. The highest BCUT2D eigenvalue weighted by atomic mass is 35.5. The summed E-state index contributed by atoms with van der Waals surface area (Å²) < 4.78 is 8.43. The number of halogens is 1. The van der Waals surface area contributed by atoms with E-state index >= 15 is 0 Å². The smallest absolute Gasteiger partial charge is 0.148 e. The number of hydrogen-bond donors (Lipinski definition) is 0. The van der Waals surface area contributed by atoms with Crippen LogP contribution in [0.4, 0.5) is 0 Å². The number of hydrogen-bond acceptors (Lipinski definition) is 2. The average molecular weight is 399 g/mol. The third-order valence-electron chi connectivity index (χ3n) is 5.08. The molecule has 1 aromatic heterocycles. The monoisotopic (exact) mass is 398 g/mol. The van der Waals surface area contributed by atoms with E-state index in [4.69, 9.17) is 21.3 Å². The van der Waals surface area contributed by atoms with Crippen molar-refractivity contribution < 1.29 is 4.74 Å². The van der Waals surface area contributed by atoms with Gasteiger partial charge in [-0.25, -0.2) is 4.98 Å². The summed E-state index contributed by atoms with van der Waals surface area (Å²) in [6, 6.07) is 30.6. The molecule has 4 heteroatoms. The molecule has 0 unspecified atom stereocenters. The Labute approximate surface area is 174 Å².